The van der Waals surface area contributed by atoms with E-state index >= 15 is 0 Å². The Hall–Kier alpha value is -2.11. The molecular formula is C21H23Cl2FN2O2. The van der Waals surface area contributed by atoms with Crippen LogP contribution in [0.15, 0.2) is 42.5 Å². The summed E-state index contributed by atoms with van der Waals surface area (Å²) in [5, 5.41) is 3.56. The number of amides is 2. The fourth-order valence-electron chi connectivity index (χ4n) is 2.95. The van der Waals surface area contributed by atoms with Gasteiger partial charge in [0.15, 0.2) is 0 Å². The van der Waals surface area contributed by atoms with Crippen molar-refractivity contribution >= 4 is 35.0 Å². The van der Waals surface area contributed by atoms with Crippen molar-refractivity contribution in [1.29, 1.82) is 0 Å². The van der Waals surface area contributed by atoms with Crippen LogP contribution in [0, 0.1) is 5.82 Å². The van der Waals surface area contributed by atoms with E-state index in [1.54, 1.807) is 30.3 Å². The van der Waals surface area contributed by atoms with E-state index in [1.165, 1.54) is 17.0 Å². The lowest BCUT2D eigenvalue weighted by molar-refractivity contribution is -0.140. The molecule has 0 radical (unpaired) electrons. The summed E-state index contributed by atoms with van der Waals surface area (Å²) in [6.45, 7) is 4.30. The first-order chi connectivity index (χ1) is 13.4. The van der Waals surface area contributed by atoms with Gasteiger partial charge in [-0.15, -0.1) is 0 Å². The molecule has 0 aliphatic heterocycles. The molecule has 0 aliphatic rings. The van der Waals surface area contributed by atoms with Crippen molar-refractivity contribution in [3.8, 4) is 0 Å². The molecule has 2 aromatic carbocycles. The summed E-state index contributed by atoms with van der Waals surface area (Å²) in [6, 6.07) is 10.2. The fourth-order valence-corrected chi connectivity index (χ4v) is 3.48. The average Bonchev–Trinajstić information content (AvgIpc) is 2.66. The summed E-state index contributed by atoms with van der Waals surface area (Å²) >= 11 is 12.4. The van der Waals surface area contributed by atoms with Crippen LogP contribution in [-0.4, -0.2) is 29.3 Å². The predicted molar refractivity (Wildman–Crippen MR) is 110 cm³/mol. The Kier molecular flexibility index (Phi) is 8.27. The number of benzene rings is 2. The van der Waals surface area contributed by atoms with Crippen molar-refractivity contribution < 1.29 is 14.0 Å². The van der Waals surface area contributed by atoms with Crippen molar-refractivity contribution in [3.63, 3.8) is 0 Å². The van der Waals surface area contributed by atoms with Gasteiger partial charge in [-0.2, -0.15) is 0 Å². The monoisotopic (exact) mass is 424 g/mol. The first kappa shape index (κ1) is 22.2. The van der Waals surface area contributed by atoms with Gasteiger partial charge in [0.2, 0.25) is 11.8 Å². The molecule has 0 bridgehead atoms. The number of nitrogens with zero attached hydrogens (tertiary/aromatic N) is 1. The summed E-state index contributed by atoms with van der Waals surface area (Å²) < 4.78 is 13.2. The van der Waals surface area contributed by atoms with Gasteiger partial charge in [0.05, 0.1) is 6.42 Å². The maximum Gasteiger partial charge on any atom is 0.242 e. The van der Waals surface area contributed by atoms with Gasteiger partial charge in [-0.25, -0.2) is 4.39 Å². The molecule has 150 valence electrons. The minimum atomic E-state index is -0.654. The van der Waals surface area contributed by atoms with Gasteiger partial charge < -0.3 is 10.2 Å². The van der Waals surface area contributed by atoms with Crippen LogP contribution >= 0.6 is 23.2 Å². The zero-order chi connectivity index (χ0) is 20.7. The van der Waals surface area contributed by atoms with Crippen LogP contribution in [-0.2, 0) is 22.6 Å². The third-order valence-electron chi connectivity index (χ3n) is 4.39. The Morgan fingerprint density at radius 3 is 2.21 bits per heavy atom. The third-order valence-corrected chi connectivity index (χ3v) is 5.10. The van der Waals surface area contributed by atoms with Crippen LogP contribution in [0.2, 0.25) is 10.0 Å². The first-order valence-electron chi connectivity index (χ1n) is 9.11. The lowest BCUT2D eigenvalue weighted by atomic mass is 10.1. The van der Waals surface area contributed by atoms with Crippen molar-refractivity contribution in [3.05, 3.63) is 69.5 Å². The summed E-state index contributed by atoms with van der Waals surface area (Å²) in [4.78, 5) is 27.2. The highest BCUT2D eigenvalue weighted by Crippen LogP contribution is 2.26. The van der Waals surface area contributed by atoms with E-state index in [4.69, 9.17) is 23.2 Å². The lowest BCUT2D eigenvalue weighted by Crippen LogP contribution is -2.49. The number of likely N-dealkylation sites (N-methyl/N-ethyl adjacent to an activating group) is 1. The largest absolute Gasteiger partial charge is 0.355 e. The van der Waals surface area contributed by atoms with Gasteiger partial charge >= 0.3 is 0 Å². The molecule has 0 saturated heterocycles. The topological polar surface area (TPSA) is 49.4 Å². The molecule has 7 heteroatoms. The minimum Gasteiger partial charge on any atom is -0.355 e. The number of carbonyl (C=O) groups is 2. The first-order valence-corrected chi connectivity index (χ1v) is 9.87. The molecule has 1 unspecified atom stereocenters. The van der Waals surface area contributed by atoms with E-state index in [0.717, 1.165) is 5.56 Å². The molecule has 0 aromatic heterocycles. The van der Waals surface area contributed by atoms with Crippen molar-refractivity contribution in [1.82, 2.24) is 10.2 Å². The predicted octanol–water partition coefficient (Wildman–Crippen LogP) is 4.62. The molecule has 0 fully saturated rings. The summed E-state index contributed by atoms with van der Waals surface area (Å²) in [7, 11) is 0. The molecule has 2 rings (SSSR count). The van der Waals surface area contributed by atoms with Crippen LogP contribution in [0.4, 0.5) is 4.39 Å². The number of nitrogens with one attached hydrogen (secondary N) is 1. The summed E-state index contributed by atoms with van der Waals surface area (Å²) in [5.41, 5.74) is 1.24. The molecule has 28 heavy (non-hydrogen) atoms. The van der Waals surface area contributed by atoms with Gasteiger partial charge in [0.1, 0.15) is 11.9 Å². The molecule has 0 saturated carbocycles. The molecule has 0 aliphatic carbocycles. The second kappa shape index (κ2) is 10.4. The van der Waals surface area contributed by atoms with Gasteiger partial charge in [0.25, 0.3) is 0 Å². The molecule has 2 amide bonds. The van der Waals surface area contributed by atoms with Gasteiger partial charge in [-0.05, 0) is 48.7 Å². The number of carbonyl (C=O) groups excluding carboxylic acids is 2. The number of halogens is 3. The Morgan fingerprint density at radius 2 is 1.68 bits per heavy atom. The van der Waals surface area contributed by atoms with E-state index < -0.39 is 6.04 Å². The Balaban J connectivity index is 2.33. The number of hydrogen-bond donors (Lipinski definition) is 1. The maximum absolute atomic E-state index is 13.2. The molecule has 0 spiro atoms. The smallest absolute Gasteiger partial charge is 0.242 e. The van der Waals surface area contributed by atoms with Crippen molar-refractivity contribution in [2.24, 2.45) is 0 Å². The maximum atomic E-state index is 13.2. The van der Waals surface area contributed by atoms with Crippen LogP contribution in [0.1, 0.15) is 31.4 Å². The molecular weight excluding hydrogens is 402 g/mol. The van der Waals surface area contributed by atoms with E-state index in [2.05, 4.69) is 5.32 Å². The highest BCUT2D eigenvalue weighted by Gasteiger charge is 2.29. The zero-order valence-electron chi connectivity index (χ0n) is 15.8. The van der Waals surface area contributed by atoms with Crippen LogP contribution < -0.4 is 5.32 Å². The third kappa shape index (κ3) is 5.69. The fraction of sp³-hybridized carbons (Fsp3) is 0.333. The van der Waals surface area contributed by atoms with Crippen LogP contribution in [0.5, 0.6) is 0 Å². The quantitative estimate of drug-likeness (QED) is 0.671. The number of rotatable bonds is 8. The highest BCUT2D eigenvalue weighted by atomic mass is 35.5. The van der Waals surface area contributed by atoms with Crippen LogP contribution in [0.3, 0.4) is 0 Å². The van der Waals surface area contributed by atoms with E-state index in [1.807, 2.05) is 13.8 Å². The Bertz CT molecular complexity index is 807. The van der Waals surface area contributed by atoms with E-state index in [9.17, 15) is 14.0 Å². The van der Waals surface area contributed by atoms with Gasteiger partial charge in [0, 0.05) is 23.1 Å². The zero-order valence-corrected chi connectivity index (χ0v) is 17.4. The summed E-state index contributed by atoms with van der Waals surface area (Å²) in [5.74, 6) is -0.872. The average molecular weight is 425 g/mol. The SMILES string of the molecule is CCNC(=O)C(CC)N(Cc1ccc(F)cc1)C(=O)Cc1c(Cl)cccc1Cl. The van der Waals surface area contributed by atoms with Crippen molar-refractivity contribution in [2.75, 3.05) is 6.54 Å². The van der Waals surface area contributed by atoms with E-state index in [0.29, 0.717) is 28.6 Å². The van der Waals surface area contributed by atoms with Gasteiger partial charge in [-0.1, -0.05) is 48.3 Å². The molecule has 1 atom stereocenters. The lowest BCUT2D eigenvalue weighted by Gasteiger charge is -2.31. The second-order valence-electron chi connectivity index (χ2n) is 6.34. The molecule has 0 heterocycles. The minimum absolute atomic E-state index is 0.0321. The van der Waals surface area contributed by atoms with Gasteiger partial charge in [-0.3, -0.25) is 9.59 Å². The molecule has 2 aromatic rings. The number of hydrogen-bond acceptors (Lipinski definition) is 2. The second-order valence-corrected chi connectivity index (χ2v) is 7.16. The molecule has 4 nitrogen and oxygen atoms in total. The standard InChI is InChI=1S/C21H23Cl2FN2O2/c1-3-19(21(28)25-4-2)26(13-14-8-10-15(24)11-9-14)20(27)12-16-17(22)6-5-7-18(16)23/h5-11,19H,3-4,12-13H2,1-2H3,(H,25,28). The Labute approximate surface area is 174 Å². The molecule has 1 N–H and O–H groups in total. The van der Waals surface area contributed by atoms with E-state index in [-0.39, 0.29) is 30.6 Å². The Morgan fingerprint density at radius 1 is 1.07 bits per heavy atom. The van der Waals surface area contributed by atoms with Crippen molar-refractivity contribution in [2.45, 2.75) is 39.3 Å². The highest BCUT2D eigenvalue weighted by molar-refractivity contribution is 6.36. The normalized spacial score (nSPS) is 11.8. The van der Waals surface area contributed by atoms with Crippen LogP contribution in [0.25, 0.3) is 0 Å². The summed E-state index contributed by atoms with van der Waals surface area (Å²) in [6.07, 6.45) is 0.407.